The van der Waals surface area contributed by atoms with Crippen molar-refractivity contribution >= 4 is 11.9 Å². The van der Waals surface area contributed by atoms with Crippen LogP contribution in [0.4, 0.5) is 4.39 Å². The van der Waals surface area contributed by atoms with Crippen molar-refractivity contribution in [1.82, 2.24) is 5.32 Å². The van der Waals surface area contributed by atoms with E-state index in [0.717, 1.165) is 5.56 Å². The standard InChI is InChI=1S/C14H18FNO3/c1-9(2)13(17)16-12(14(18)19-3)8-10-4-6-11(15)7-5-10/h4-7,9,12H,8H2,1-3H3,(H,16,17)/t12-/m1/s1. The number of rotatable bonds is 5. The number of ether oxygens (including phenoxy) is 1. The normalized spacial score (nSPS) is 12.1. The summed E-state index contributed by atoms with van der Waals surface area (Å²) in [6, 6.07) is 5.02. The summed E-state index contributed by atoms with van der Waals surface area (Å²) in [5, 5.41) is 2.62. The Balaban J connectivity index is 2.77. The van der Waals surface area contributed by atoms with E-state index in [1.54, 1.807) is 26.0 Å². The second-order valence-electron chi connectivity index (χ2n) is 4.57. The number of carbonyl (C=O) groups is 2. The van der Waals surface area contributed by atoms with Crippen LogP contribution in [0, 0.1) is 11.7 Å². The summed E-state index contributed by atoms with van der Waals surface area (Å²) >= 11 is 0. The summed E-state index contributed by atoms with van der Waals surface area (Å²) in [5.41, 5.74) is 0.751. The maximum absolute atomic E-state index is 12.8. The smallest absolute Gasteiger partial charge is 0.328 e. The molecule has 1 aromatic rings. The van der Waals surface area contributed by atoms with Crippen LogP contribution >= 0.6 is 0 Å². The maximum atomic E-state index is 12.8. The summed E-state index contributed by atoms with van der Waals surface area (Å²) in [6.07, 6.45) is 0.269. The van der Waals surface area contributed by atoms with Gasteiger partial charge in [0.2, 0.25) is 5.91 Å². The van der Waals surface area contributed by atoms with Crippen LogP contribution in [0.5, 0.6) is 0 Å². The lowest BCUT2D eigenvalue weighted by molar-refractivity contribution is -0.145. The van der Waals surface area contributed by atoms with Gasteiger partial charge in [-0.2, -0.15) is 0 Å². The van der Waals surface area contributed by atoms with Crippen molar-refractivity contribution < 1.29 is 18.7 Å². The van der Waals surface area contributed by atoms with Gasteiger partial charge in [0.05, 0.1) is 7.11 Å². The molecule has 0 aliphatic carbocycles. The predicted molar refractivity (Wildman–Crippen MR) is 68.9 cm³/mol. The zero-order valence-electron chi connectivity index (χ0n) is 11.3. The molecule has 1 amide bonds. The minimum atomic E-state index is -0.759. The molecular weight excluding hydrogens is 249 g/mol. The monoisotopic (exact) mass is 267 g/mol. The Bertz CT molecular complexity index is 443. The van der Waals surface area contributed by atoms with E-state index < -0.39 is 12.0 Å². The van der Waals surface area contributed by atoms with Crippen LogP contribution in [0.1, 0.15) is 19.4 Å². The molecule has 0 saturated carbocycles. The molecule has 0 aliphatic rings. The largest absolute Gasteiger partial charge is 0.467 e. The summed E-state index contributed by atoms with van der Waals surface area (Å²) in [7, 11) is 1.27. The summed E-state index contributed by atoms with van der Waals surface area (Å²) < 4.78 is 17.5. The van der Waals surface area contributed by atoms with Crippen molar-refractivity contribution in [3.8, 4) is 0 Å². The van der Waals surface area contributed by atoms with E-state index in [1.807, 2.05) is 0 Å². The molecule has 0 radical (unpaired) electrons. The first kappa shape index (κ1) is 15.1. The fraction of sp³-hybridized carbons (Fsp3) is 0.429. The molecule has 0 heterocycles. The summed E-state index contributed by atoms with van der Waals surface area (Å²) in [6.45, 7) is 3.48. The van der Waals surface area contributed by atoms with Crippen molar-refractivity contribution in [1.29, 1.82) is 0 Å². The Morgan fingerprint density at radius 1 is 1.26 bits per heavy atom. The van der Waals surface area contributed by atoms with Gasteiger partial charge < -0.3 is 10.1 Å². The molecule has 0 aromatic heterocycles. The molecule has 0 aliphatic heterocycles. The molecule has 0 bridgehead atoms. The van der Waals surface area contributed by atoms with Gasteiger partial charge in [0, 0.05) is 12.3 Å². The first-order valence-corrected chi connectivity index (χ1v) is 6.06. The highest BCUT2D eigenvalue weighted by atomic mass is 19.1. The van der Waals surface area contributed by atoms with Crippen molar-refractivity contribution in [3.63, 3.8) is 0 Å². The number of hydrogen-bond acceptors (Lipinski definition) is 3. The van der Waals surface area contributed by atoms with Crippen LogP contribution < -0.4 is 5.32 Å². The molecule has 4 nitrogen and oxygen atoms in total. The minimum absolute atomic E-state index is 0.222. The van der Waals surface area contributed by atoms with E-state index in [4.69, 9.17) is 0 Å². The third kappa shape index (κ3) is 4.69. The quantitative estimate of drug-likeness (QED) is 0.826. The predicted octanol–water partition coefficient (Wildman–Crippen LogP) is 1.68. The Hall–Kier alpha value is -1.91. The average molecular weight is 267 g/mol. The van der Waals surface area contributed by atoms with Gasteiger partial charge >= 0.3 is 5.97 Å². The Morgan fingerprint density at radius 2 is 1.84 bits per heavy atom. The van der Waals surface area contributed by atoms with Crippen LogP contribution in [0.2, 0.25) is 0 Å². The Kier molecular flexibility index (Phi) is 5.48. The second kappa shape index (κ2) is 6.87. The fourth-order valence-electron chi connectivity index (χ4n) is 1.53. The molecule has 104 valence electrons. The lowest BCUT2D eigenvalue weighted by Crippen LogP contribution is -2.44. The highest BCUT2D eigenvalue weighted by molar-refractivity contribution is 5.85. The molecule has 0 unspecified atom stereocenters. The van der Waals surface area contributed by atoms with Crippen LogP contribution in [0.15, 0.2) is 24.3 Å². The number of methoxy groups -OCH3 is 1. The fourth-order valence-corrected chi connectivity index (χ4v) is 1.53. The number of carbonyl (C=O) groups excluding carboxylic acids is 2. The SMILES string of the molecule is COC(=O)[C@@H](Cc1ccc(F)cc1)NC(=O)C(C)C. The molecule has 1 aromatic carbocycles. The molecular formula is C14H18FNO3. The van der Waals surface area contributed by atoms with Crippen LogP contribution in [0.25, 0.3) is 0 Å². The van der Waals surface area contributed by atoms with E-state index in [1.165, 1.54) is 19.2 Å². The first-order valence-electron chi connectivity index (χ1n) is 6.06. The molecule has 0 spiro atoms. The van der Waals surface area contributed by atoms with Gasteiger partial charge in [0.15, 0.2) is 0 Å². The third-order valence-corrected chi connectivity index (χ3v) is 2.68. The second-order valence-corrected chi connectivity index (χ2v) is 4.57. The number of esters is 1. The molecule has 19 heavy (non-hydrogen) atoms. The van der Waals surface area contributed by atoms with Crippen LogP contribution in [0.3, 0.4) is 0 Å². The van der Waals surface area contributed by atoms with E-state index in [2.05, 4.69) is 10.1 Å². The highest BCUT2D eigenvalue weighted by Crippen LogP contribution is 2.07. The molecule has 1 N–H and O–H groups in total. The molecule has 0 saturated heterocycles. The van der Waals surface area contributed by atoms with E-state index in [9.17, 15) is 14.0 Å². The Labute approximate surface area is 112 Å². The van der Waals surface area contributed by atoms with Gasteiger partial charge in [-0.05, 0) is 17.7 Å². The van der Waals surface area contributed by atoms with Crippen molar-refractivity contribution in [2.45, 2.75) is 26.3 Å². The van der Waals surface area contributed by atoms with E-state index in [0.29, 0.717) is 0 Å². The van der Waals surface area contributed by atoms with Gasteiger partial charge in [0.25, 0.3) is 0 Å². The highest BCUT2D eigenvalue weighted by Gasteiger charge is 2.22. The number of amides is 1. The van der Waals surface area contributed by atoms with Gasteiger partial charge in [-0.3, -0.25) is 4.79 Å². The van der Waals surface area contributed by atoms with Crippen molar-refractivity contribution in [2.24, 2.45) is 5.92 Å². The third-order valence-electron chi connectivity index (χ3n) is 2.68. The number of nitrogens with one attached hydrogen (secondary N) is 1. The average Bonchev–Trinajstić information content (AvgIpc) is 2.39. The topological polar surface area (TPSA) is 55.4 Å². The minimum Gasteiger partial charge on any atom is -0.467 e. The van der Waals surface area contributed by atoms with Gasteiger partial charge in [-0.15, -0.1) is 0 Å². The zero-order valence-corrected chi connectivity index (χ0v) is 11.3. The zero-order chi connectivity index (χ0) is 14.4. The lowest BCUT2D eigenvalue weighted by atomic mass is 10.0. The van der Waals surface area contributed by atoms with Gasteiger partial charge in [-0.25, -0.2) is 9.18 Å². The summed E-state index contributed by atoms with van der Waals surface area (Å²) in [4.78, 5) is 23.3. The van der Waals surface area contributed by atoms with Crippen molar-refractivity contribution in [3.05, 3.63) is 35.6 Å². The number of hydrogen-bond donors (Lipinski definition) is 1. The van der Waals surface area contributed by atoms with E-state index >= 15 is 0 Å². The Morgan fingerprint density at radius 3 is 2.32 bits per heavy atom. The lowest BCUT2D eigenvalue weighted by Gasteiger charge is -2.17. The van der Waals surface area contributed by atoms with Crippen LogP contribution in [-0.2, 0) is 20.7 Å². The molecule has 0 fully saturated rings. The first-order chi connectivity index (χ1) is 8.93. The molecule has 5 heteroatoms. The number of benzene rings is 1. The van der Waals surface area contributed by atoms with Gasteiger partial charge in [0.1, 0.15) is 11.9 Å². The van der Waals surface area contributed by atoms with Crippen molar-refractivity contribution in [2.75, 3.05) is 7.11 Å². The maximum Gasteiger partial charge on any atom is 0.328 e. The van der Waals surface area contributed by atoms with Gasteiger partial charge in [-0.1, -0.05) is 26.0 Å². The number of halogens is 1. The van der Waals surface area contributed by atoms with E-state index in [-0.39, 0.29) is 24.1 Å². The molecule has 1 rings (SSSR count). The van der Waals surface area contributed by atoms with Crippen LogP contribution in [-0.4, -0.2) is 25.0 Å². The molecule has 1 atom stereocenters. The summed E-state index contributed by atoms with van der Waals surface area (Å²) in [5.74, 6) is -1.30.